The van der Waals surface area contributed by atoms with Crippen LogP contribution < -0.4 is 15.1 Å². The standard InChI is InChI=1S/C27H28N4OS/c1-17-16-27(2,3)30(4)21-13-12-18(15-19(17)21)25-24(20-9-7-8-14-28-20)29-26(33)31(25)22-10-5-6-11-23(22)32/h5-16,24-25,32H,1-4H3,(H,29,33)/t24-,25+/m1/s1. The number of hydrogen-bond donors (Lipinski definition) is 2. The summed E-state index contributed by atoms with van der Waals surface area (Å²) in [4.78, 5) is 8.95. The molecule has 0 spiro atoms. The van der Waals surface area contributed by atoms with Crippen LogP contribution in [-0.2, 0) is 0 Å². The van der Waals surface area contributed by atoms with E-state index in [0.717, 1.165) is 11.3 Å². The third-order valence-electron chi connectivity index (χ3n) is 6.82. The second-order valence-electron chi connectivity index (χ2n) is 9.30. The van der Waals surface area contributed by atoms with Crippen molar-refractivity contribution in [2.45, 2.75) is 38.4 Å². The summed E-state index contributed by atoms with van der Waals surface area (Å²) in [7, 11) is 2.14. The zero-order chi connectivity index (χ0) is 23.3. The van der Waals surface area contributed by atoms with Crippen LogP contribution in [0.3, 0.4) is 0 Å². The van der Waals surface area contributed by atoms with Gasteiger partial charge in [0.05, 0.1) is 29.0 Å². The Balaban J connectivity index is 1.67. The van der Waals surface area contributed by atoms with Gasteiger partial charge in [-0.3, -0.25) is 4.98 Å². The third kappa shape index (κ3) is 3.55. The Morgan fingerprint density at radius 2 is 1.79 bits per heavy atom. The molecule has 168 valence electrons. The summed E-state index contributed by atoms with van der Waals surface area (Å²) in [5, 5.41) is 14.7. The Bertz CT molecular complexity index is 1250. The van der Waals surface area contributed by atoms with Gasteiger partial charge in [-0.1, -0.05) is 30.3 Å². The van der Waals surface area contributed by atoms with E-state index in [2.05, 4.69) is 67.3 Å². The Morgan fingerprint density at radius 3 is 2.52 bits per heavy atom. The number of aromatic hydroxyl groups is 1. The van der Waals surface area contributed by atoms with Crippen molar-refractivity contribution in [3.63, 3.8) is 0 Å². The topological polar surface area (TPSA) is 51.6 Å². The van der Waals surface area contributed by atoms with Crippen LogP contribution in [0.1, 0.15) is 49.7 Å². The normalized spacial score (nSPS) is 21.5. The molecule has 2 N–H and O–H groups in total. The molecule has 0 unspecified atom stereocenters. The Labute approximate surface area is 200 Å². The lowest BCUT2D eigenvalue weighted by atomic mass is 9.86. The van der Waals surface area contributed by atoms with Crippen molar-refractivity contribution in [2.75, 3.05) is 16.8 Å². The molecule has 2 aromatic carbocycles. The Hall–Kier alpha value is -3.38. The highest BCUT2D eigenvalue weighted by Gasteiger charge is 2.42. The van der Waals surface area contributed by atoms with Gasteiger partial charge in [-0.15, -0.1) is 0 Å². The lowest BCUT2D eigenvalue weighted by Gasteiger charge is -2.41. The molecule has 0 radical (unpaired) electrons. The highest BCUT2D eigenvalue weighted by molar-refractivity contribution is 7.80. The van der Waals surface area contributed by atoms with Gasteiger partial charge in [0, 0.05) is 24.5 Å². The zero-order valence-electron chi connectivity index (χ0n) is 19.3. The van der Waals surface area contributed by atoms with Crippen LogP contribution in [0.2, 0.25) is 0 Å². The van der Waals surface area contributed by atoms with Crippen molar-refractivity contribution >= 4 is 34.3 Å². The largest absolute Gasteiger partial charge is 0.506 e. The number of anilines is 2. The summed E-state index contributed by atoms with van der Waals surface area (Å²) in [5.41, 5.74) is 6.33. The number of aromatic nitrogens is 1. The molecule has 5 rings (SSSR count). The average Bonchev–Trinajstić information content (AvgIpc) is 3.15. The fraction of sp³-hybridized carbons (Fsp3) is 0.259. The first-order valence-electron chi connectivity index (χ1n) is 11.1. The van der Waals surface area contributed by atoms with Gasteiger partial charge < -0.3 is 20.2 Å². The van der Waals surface area contributed by atoms with Gasteiger partial charge in [-0.2, -0.15) is 0 Å². The summed E-state index contributed by atoms with van der Waals surface area (Å²) < 4.78 is 0. The molecule has 0 saturated carbocycles. The fourth-order valence-electron chi connectivity index (χ4n) is 4.98. The number of rotatable bonds is 3. The van der Waals surface area contributed by atoms with Crippen LogP contribution in [0.25, 0.3) is 5.57 Å². The third-order valence-corrected chi connectivity index (χ3v) is 7.14. The molecule has 0 bridgehead atoms. The first kappa shape index (κ1) is 21.5. The minimum atomic E-state index is -0.168. The van der Waals surface area contributed by atoms with Gasteiger partial charge in [0.1, 0.15) is 5.75 Å². The highest BCUT2D eigenvalue weighted by Crippen LogP contribution is 2.46. The predicted octanol–water partition coefficient (Wildman–Crippen LogP) is 5.60. The lowest BCUT2D eigenvalue weighted by molar-refractivity contribution is 0.473. The number of nitrogens with zero attached hydrogens (tertiary/aromatic N) is 3. The molecule has 0 aliphatic carbocycles. The second-order valence-corrected chi connectivity index (χ2v) is 9.69. The average molecular weight is 457 g/mol. The molecule has 33 heavy (non-hydrogen) atoms. The molecule has 5 nitrogen and oxygen atoms in total. The van der Waals surface area contributed by atoms with Gasteiger partial charge in [0.2, 0.25) is 0 Å². The van der Waals surface area contributed by atoms with E-state index in [-0.39, 0.29) is 23.4 Å². The van der Waals surface area contributed by atoms with Gasteiger partial charge in [0.15, 0.2) is 5.11 Å². The molecule has 3 aromatic rings. The second kappa shape index (κ2) is 7.89. The fourth-order valence-corrected chi connectivity index (χ4v) is 5.32. The van der Waals surface area contributed by atoms with Crippen LogP contribution >= 0.6 is 12.2 Å². The van der Waals surface area contributed by atoms with Crippen LogP contribution in [0.5, 0.6) is 5.75 Å². The van der Waals surface area contributed by atoms with Crippen molar-refractivity contribution in [3.8, 4) is 5.75 Å². The number of phenolic OH excluding ortho intramolecular Hbond substituents is 1. The number of pyridine rings is 1. The maximum absolute atomic E-state index is 10.7. The van der Waals surface area contributed by atoms with E-state index in [1.165, 1.54) is 16.8 Å². The zero-order valence-corrected chi connectivity index (χ0v) is 20.1. The quantitative estimate of drug-likeness (QED) is 0.501. The lowest BCUT2D eigenvalue weighted by Crippen LogP contribution is -2.42. The van der Waals surface area contributed by atoms with Crippen LogP contribution in [0.15, 0.2) is 72.9 Å². The number of likely N-dealkylation sites (N-methyl/N-ethyl adjacent to an activating group) is 1. The molecule has 3 heterocycles. The number of benzene rings is 2. The SMILES string of the molecule is CC1=CC(C)(C)N(C)c2ccc([C@H]3[C@@H](c4ccccn4)NC(=S)N3c3ccccc3O)cc21. The van der Waals surface area contributed by atoms with E-state index in [1.807, 2.05) is 41.3 Å². The van der Waals surface area contributed by atoms with Crippen LogP contribution in [-0.4, -0.2) is 27.8 Å². The molecule has 1 fully saturated rings. The maximum Gasteiger partial charge on any atom is 0.174 e. The van der Waals surface area contributed by atoms with Crippen molar-refractivity contribution in [3.05, 3.63) is 89.8 Å². The minimum absolute atomic E-state index is 0.0482. The molecule has 1 aromatic heterocycles. The molecular weight excluding hydrogens is 428 g/mol. The number of hydrogen-bond acceptors (Lipinski definition) is 4. The van der Waals surface area contributed by atoms with E-state index in [9.17, 15) is 5.11 Å². The molecule has 2 aliphatic heterocycles. The van der Waals surface area contributed by atoms with E-state index in [0.29, 0.717) is 10.8 Å². The molecule has 1 saturated heterocycles. The van der Waals surface area contributed by atoms with Gasteiger partial charge in [-0.25, -0.2) is 0 Å². The van der Waals surface area contributed by atoms with Crippen molar-refractivity contribution in [1.29, 1.82) is 0 Å². The van der Waals surface area contributed by atoms with E-state index in [4.69, 9.17) is 12.2 Å². The molecule has 0 amide bonds. The van der Waals surface area contributed by atoms with E-state index < -0.39 is 0 Å². The van der Waals surface area contributed by atoms with Crippen LogP contribution in [0, 0.1) is 0 Å². The maximum atomic E-state index is 10.7. The summed E-state index contributed by atoms with van der Waals surface area (Å²) in [6.07, 6.45) is 4.12. The first-order valence-corrected chi connectivity index (χ1v) is 11.5. The minimum Gasteiger partial charge on any atom is -0.506 e. The highest BCUT2D eigenvalue weighted by atomic mass is 32.1. The molecule has 6 heteroatoms. The predicted molar refractivity (Wildman–Crippen MR) is 139 cm³/mol. The number of para-hydroxylation sites is 2. The van der Waals surface area contributed by atoms with E-state index >= 15 is 0 Å². The summed E-state index contributed by atoms with van der Waals surface area (Å²) >= 11 is 5.79. The van der Waals surface area contributed by atoms with Gasteiger partial charge in [-0.05, 0) is 80.5 Å². The molecule has 2 atom stereocenters. The monoisotopic (exact) mass is 456 g/mol. The number of thiocarbonyl (C=S) groups is 1. The van der Waals surface area contributed by atoms with Crippen LogP contribution in [0.4, 0.5) is 11.4 Å². The van der Waals surface area contributed by atoms with Crippen molar-refractivity contribution in [1.82, 2.24) is 10.3 Å². The van der Waals surface area contributed by atoms with Gasteiger partial charge >= 0.3 is 0 Å². The van der Waals surface area contributed by atoms with Crippen molar-refractivity contribution in [2.24, 2.45) is 0 Å². The molecule has 2 aliphatic rings. The van der Waals surface area contributed by atoms with Crippen molar-refractivity contribution < 1.29 is 5.11 Å². The Morgan fingerprint density at radius 1 is 1.03 bits per heavy atom. The van der Waals surface area contributed by atoms with E-state index in [1.54, 1.807) is 12.3 Å². The molecular formula is C27H28N4OS. The number of phenols is 1. The Kier molecular flexibility index (Phi) is 5.13. The number of fused-ring (bicyclic) bond motifs is 1. The summed E-state index contributed by atoms with van der Waals surface area (Å²) in [6, 6.07) is 19.6. The smallest absolute Gasteiger partial charge is 0.174 e. The first-order chi connectivity index (χ1) is 15.8. The number of nitrogens with one attached hydrogen (secondary N) is 1. The number of allylic oxidation sites excluding steroid dienone is 1. The summed E-state index contributed by atoms with van der Waals surface area (Å²) in [6.45, 7) is 6.62. The van der Waals surface area contributed by atoms with Gasteiger partial charge in [0.25, 0.3) is 0 Å². The summed E-state index contributed by atoms with van der Waals surface area (Å²) in [5.74, 6) is 0.198.